The van der Waals surface area contributed by atoms with E-state index in [2.05, 4.69) is 20.9 Å². The molecule has 20 heavy (non-hydrogen) atoms. The molecule has 0 radical (unpaired) electrons. The predicted octanol–water partition coefficient (Wildman–Crippen LogP) is 1.94. The van der Waals surface area contributed by atoms with E-state index in [4.69, 9.17) is 4.74 Å². The lowest BCUT2D eigenvalue weighted by molar-refractivity contribution is -0.154. The van der Waals surface area contributed by atoms with E-state index in [1.165, 1.54) is 7.11 Å². The number of amides is 1. The number of likely N-dealkylation sites (tertiary alicyclic amines) is 1. The van der Waals surface area contributed by atoms with Gasteiger partial charge < -0.3 is 9.64 Å². The molecule has 2 rings (SSSR count). The lowest BCUT2D eigenvalue weighted by atomic mass is 10.0. The molecule has 0 unspecified atom stereocenters. The molecule has 0 aromatic carbocycles. The number of rotatable bonds is 3. The van der Waals surface area contributed by atoms with Crippen LogP contribution in [0.25, 0.3) is 0 Å². The van der Waals surface area contributed by atoms with Crippen molar-refractivity contribution in [2.45, 2.75) is 31.7 Å². The zero-order chi connectivity index (χ0) is 14.5. The Morgan fingerprint density at radius 1 is 1.45 bits per heavy atom. The Morgan fingerprint density at radius 2 is 2.25 bits per heavy atom. The first-order valence-corrected chi connectivity index (χ1v) is 7.39. The Balaban J connectivity index is 2.05. The van der Waals surface area contributed by atoms with Crippen LogP contribution in [0.3, 0.4) is 0 Å². The van der Waals surface area contributed by atoms with Crippen molar-refractivity contribution in [2.24, 2.45) is 0 Å². The van der Waals surface area contributed by atoms with Crippen LogP contribution in [0.4, 0.5) is 0 Å². The van der Waals surface area contributed by atoms with Gasteiger partial charge in [-0.3, -0.25) is 9.78 Å². The van der Waals surface area contributed by atoms with Gasteiger partial charge in [-0.05, 0) is 47.3 Å². The van der Waals surface area contributed by atoms with Crippen LogP contribution in [0.1, 0.15) is 25.0 Å². The van der Waals surface area contributed by atoms with Crippen LogP contribution in [0.2, 0.25) is 0 Å². The molecule has 0 aliphatic carbocycles. The number of nitrogens with zero attached hydrogens (tertiary/aromatic N) is 2. The van der Waals surface area contributed by atoms with Crippen molar-refractivity contribution in [2.75, 3.05) is 13.7 Å². The van der Waals surface area contributed by atoms with Crippen molar-refractivity contribution in [1.29, 1.82) is 0 Å². The maximum absolute atomic E-state index is 12.3. The largest absolute Gasteiger partial charge is 0.467 e. The highest BCUT2D eigenvalue weighted by Gasteiger charge is 2.32. The van der Waals surface area contributed by atoms with Crippen LogP contribution >= 0.6 is 15.9 Å². The van der Waals surface area contributed by atoms with Crippen molar-refractivity contribution in [3.63, 3.8) is 0 Å². The second-order valence-electron chi connectivity index (χ2n) is 4.77. The van der Waals surface area contributed by atoms with E-state index in [1.807, 2.05) is 6.07 Å². The fourth-order valence-corrected chi connectivity index (χ4v) is 2.61. The average molecular weight is 341 g/mol. The summed E-state index contributed by atoms with van der Waals surface area (Å²) in [6.45, 7) is 0.606. The minimum atomic E-state index is -0.448. The van der Waals surface area contributed by atoms with Crippen molar-refractivity contribution < 1.29 is 14.3 Å². The molecule has 1 fully saturated rings. The molecule has 1 aromatic heterocycles. The highest BCUT2D eigenvalue weighted by molar-refractivity contribution is 9.10. The van der Waals surface area contributed by atoms with Gasteiger partial charge in [-0.1, -0.05) is 0 Å². The molecule has 5 nitrogen and oxygen atoms in total. The number of methoxy groups -OCH3 is 1. The molecule has 1 atom stereocenters. The predicted molar refractivity (Wildman–Crippen MR) is 77.0 cm³/mol. The molecule has 0 spiro atoms. The molecule has 1 aromatic rings. The van der Waals surface area contributed by atoms with Crippen molar-refractivity contribution in [3.05, 3.63) is 28.5 Å². The summed E-state index contributed by atoms with van der Waals surface area (Å²) in [5.74, 6) is -0.406. The van der Waals surface area contributed by atoms with Gasteiger partial charge in [-0.15, -0.1) is 0 Å². The topological polar surface area (TPSA) is 59.5 Å². The number of aromatic nitrogens is 1. The zero-order valence-electron chi connectivity index (χ0n) is 11.3. The summed E-state index contributed by atoms with van der Waals surface area (Å²) in [7, 11) is 1.36. The molecule has 6 heteroatoms. The standard InChI is InChI=1S/C14H17BrN2O3/c1-20-14(19)12-4-2-3-7-17(12)13(18)8-11-6-5-10(15)9-16-11/h5-6,9,12H,2-4,7-8H2,1H3/t12-/m1/s1. The number of piperidine rings is 1. The summed E-state index contributed by atoms with van der Waals surface area (Å²) in [6.07, 6.45) is 4.41. The molecular formula is C14H17BrN2O3. The summed E-state index contributed by atoms with van der Waals surface area (Å²) in [4.78, 5) is 29.9. The summed E-state index contributed by atoms with van der Waals surface area (Å²) in [5, 5.41) is 0. The Morgan fingerprint density at radius 3 is 2.90 bits per heavy atom. The molecule has 2 heterocycles. The van der Waals surface area contributed by atoms with Crippen molar-refractivity contribution >= 4 is 27.8 Å². The van der Waals surface area contributed by atoms with Gasteiger partial charge in [0.05, 0.1) is 13.5 Å². The third-order valence-electron chi connectivity index (χ3n) is 3.42. The molecule has 1 saturated heterocycles. The van der Waals surface area contributed by atoms with Crippen LogP contribution in [0.5, 0.6) is 0 Å². The van der Waals surface area contributed by atoms with Crippen LogP contribution in [0, 0.1) is 0 Å². The number of carbonyl (C=O) groups excluding carboxylic acids is 2. The van der Waals surface area contributed by atoms with E-state index >= 15 is 0 Å². The SMILES string of the molecule is COC(=O)[C@H]1CCCCN1C(=O)Cc1ccc(Br)cn1. The molecule has 1 aliphatic heterocycles. The van der Waals surface area contributed by atoms with E-state index < -0.39 is 6.04 Å². The quantitative estimate of drug-likeness (QED) is 0.789. The van der Waals surface area contributed by atoms with Gasteiger partial charge >= 0.3 is 5.97 Å². The molecule has 0 N–H and O–H groups in total. The Kier molecular flexibility index (Phi) is 5.11. The molecular weight excluding hydrogens is 324 g/mol. The maximum atomic E-state index is 12.3. The maximum Gasteiger partial charge on any atom is 0.328 e. The normalized spacial score (nSPS) is 18.7. The smallest absolute Gasteiger partial charge is 0.328 e. The lowest BCUT2D eigenvalue weighted by Crippen LogP contribution is -2.49. The molecule has 0 saturated carbocycles. The first kappa shape index (κ1) is 15.0. The first-order valence-electron chi connectivity index (χ1n) is 6.59. The number of ether oxygens (including phenoxy) is 1. The number of hydrogen-bond acceptors (Lipinski definition) is 4. The summed E-state index contributed by atoms with van der Waals surface area (Å²) >= 11 is 3.31. The summed E-state index contributed by atoms with van der Waals surface area (Å²) in [5.41, 5.74) is 0.701. The average Bonchev–Trinajstić information content (AvgIpc) is 2.48. The van der Waals surface area contributed by atoms with Gasteiger partial charge in [-0.2, -0.15) is 0 Å². The number of halogens is 1. The monoisotopic (exact) mass is 340 g/mol. The van der Waals surface area contributed by atoms with Gasteiger partial charge in [0.2, 0.25) is 5.91 Å². The summed E-state index contributed by atoms with van der Waals surface area (Å²) < 4.78 is 5.66. The minimum Gasteiger partial charge on any atom is -0.467 e. The first-order chi connectivity index (χ1) is 9.61. The lowest BCUT2D eigenvalue weighted by Gasteiger charge is -2.33. The van der Waals surface area contributed by atoms with E-state index in [9.17, 15) is 9.59 Å². The second kappa shape index (κ2) is 6.83. The fraction of sp³-hybridized carbons (Fsp3) is 0.500. The number of esters is 1. The molecule has 0 bridgehead atoms. The van der Waals surface area contributed by atoms with Crippen LogP contribution in [-0.2, 0) is 20.7 Å². The number of carbonyl (C=O) groups is 2. The molecule has 108 valence electrons. The number of hydrogen-bond donors (Lipinski definition) is 0. The molecule has 1 aliphatic rings. The van der Waals surface area contributed by atoms with Gasteiger partial charge in [0.25, 0.3) is 0 Å². The van der Waals surface area contributed by atoms with E-state index in [-0.39, 0.29) is 18.3 Å². The van der Waals surface area contributed by atoms with Gasteiger partial charge in [0, 0.05) is 22.9 Å². The highest BCUT2D eigenvalue weighted by atomic mass is 79.9. The van der Waals surface area contributed by atoms with Gasteiger partial charge in [0.15, 0.2) is 0 Å². The second-order valence-corrected chi connectivity index (χ2v) is 5.68. The fourth-order valence-electron chi connectivity index (χ4n) is 2.38. The van der Waals surface area contributed by atoms with Gasteiger partial charge in [-0.25, -0.2) is 4.79 Å². The zero-order valence-corrected chi connectivity index (χ0v) is 12.9. The summed E-state index contributed by atoms with van der Waals surface area (Å²) in [6, 6.07) is 3.21. The Labute approximate surface area is 126 Å². The van der Waals surface area contributed by atoms with Crippen molar-refractivity contribution in [1.82, 2.24) is 9.88 Å². The van der Waals surface area contributed by atoms with Gasteiger partial charge in [0.1, 0.15) is 6.04 Å². The third kappa shape index (κ3) is 3.56. The minimum absolute atomic E-state index is 0.0741. The number of pyridine rings is 1. The van der Waals surface area contributed by atoms with E-state index in [1.54, 1.807) is 17.2 Å². The Hall–Kier alpha value is -1.43. The van der Waals surface area contributed by atoms with Crippen LogP contribution in [0.15, 0.2) is 22.8 Å². The van der Waals surface area contributed by atoms with Crippen LogP contribution in [-0.4, -0.2) is 41.5 Å². The third-order valence-corrected chi connectivity index (χ3v) is 3.89. The Bertz CT molecular complexity index is 490. The van der Waals surface area contributed by atoms with E-state index in [0.717, 1.165) is 17.3 Å². The highest BCUT2D eigenvalue weighted by Crippen LogP contribution is 2.19. The van der Waals surface area contributed by atoms with Crippen LogP contribution < -0.4 is 0 Å². The van der Waals surface area contributed by atoms with E-state index in [0.29, 0.717) is 18.7 Å². The molecule has 1 amide bonds. The van der Waals surface area contributed by atoms with Crippen molar-refractivity contribution in [3.8, 4) is 0 Å².